The zero-order valence-electron chi connectivity index (χ0n) is 33.2. The molecular weight excluding hydrogens is 800 g/mol. The van der Waals surface area contributed by atoms with E-state index in [-0.39, 0.29) is 9.79 Å². The van der Waals surface area contributed by atoms with Gasteiger partial charge in [-0.1, -0.05) is 158 Å². The highest BCUT2D eigenvalue weighted by Gasteiger charge is 2.56. The number of hydrogen-bond donors (Lipinski definition) is 0. The van der Waals surface area contributed by atoms with Crippen molar-refractivity contribution in [1.29, 1.82) is 0 Å². The van der Waals surface area contributed by atoms with E-state index in [0.717, 1.165) is 76.6 Å². The second-order valence-corrected chi connectivity index (χ2v) is 20.9. The zero-order valence-corrected chi connectivity index (χ0v) is 34.9. The van der Waals surface area contributed by atoms with Crippen LogP contribution in [0.15, 0.2) is 222 Å². The smallest absolute Gasteiger partial charge is 0.207 e. The molecule has 0 fully saturated rings. The van der Waals surface area contributed by atoms with Crippen LogP contribution < -0.4 is 15.9 Å². The van der Waals surface area contributed by atoms with Gasteiger partial charge in [0.15, 0.2) is 7.14 Å². The second kappa shape index (κ2) is 12.7. The van der Waals surface area contributed by atoms with Crippen LogP contribution in [0.1, 0.15) is 22.3 Å². The third-order valence-electron chi connectivity index (χ3n) is 13.4. The molecule has 11 aromatic rings. The number of sulfone groups is 1. The van der Waals surface area contributed by atoms with E-state index in [9.17, 15) is 0 Å². The van der Waals surface area contributed by atoms with E-state index < -0.39 is 22.4 Å². The molecule has 13 rings (SSSR count). The first-order valence-corrected chi connectivity index (χ1v) is 24.0. The van der Waals surface area contributed by atoms with Gasteiger partial charge < -0.3 is 13.7 Å². The van der Waals surface area contributed by atoms with Crippen LogP contribution >= 0.6 is 7.14 Å². The summed E-state index contributed by atoms with van der Waals surface area (Å²) in [6, 6.07) is 70.9. The molecule has 1 spiro atoms. The van der Waals surface area contributed by atoms with Crippen molar-refractivity contribution in [1.82, 2.24) is 9.13 Å². The Bertz CT molecular complexity index is 3820. The van der Waals surface area contributed by atoms with Crippen LogP contribution in [0.5, 0.6) is 0 Å². The van der Waals surface area contributed by atoms with Gasteiger partial charge >= 0.3 is 0 Å². The summed E-state index contributed by atoms with van der Waals surface area (Å²) >= 11 is 0. The van der Waals surface area contributed by atoms with Crippen molar-refractivity contribution in [3.8, 4) is 11.4 Å². The zero-order chi connectivity index (χ0) is 41.4. The van der Waals surface area contributed by atoms with Crippen molar-refractivity contribution < 1.29 is 13.0 Å². The Labute approximate surface area is 358 Å². The Morgan fingerprint density at radius 3 is 1.63 bits per heavy atom. The minimum absolute atomic E-state index is 0.257. The van der Waals surface area contributed by atoms with Gasteiger partial charge in [0.05, 0.1) is 37.3 Å². The summed E-state index contributed by atoms with van der Waals surface area (Å²) in [4.78, 5) is 0.541. The number of aromatic nitrogens is 2. The largest absolute Gasteiger partial charge is 0.309 e. The number of nitrogens with zero attached hydrogens (tertiary/aromatic N) is 2. The summed E-state index contributed by atoms with van der Waals surface area (Å²) < 4.78 is 52.0. The van der Waals surface area contributed by atoms with Gasteiger partial charge in [-0.3, -0.25) is 0 Å². The van der Waals surface area contributed by atoms with E-state index in [0.29, 0.717) is 16.5 Å². The average Bonchev–Trinajstić information content (AvgIpc) is 3.85. The normalized spacial score (nSPS) is 18.5. The fraction of sp³-hybridized carbons (Fsp3) is 0.0182. The van der Waals surface area contributed by atoms with Crippen LogP contribution in [0.4, 0.5) is 0 Å². The van der Waals surface area contributed by atoms with Crippen molar-refractivity contribution in [2.45, 2.75) is 15.2 Å². The van der Waals surface area contributed by atoms with E-state index >= 15 is 13.0 Å². The van der Waals surface area contributed by atoms with Crippen molar-refractivity contribution in [2.24, 2.45) is 0 Å². The molecule has 0 aliphatic carbocycles. The summed E-state index contributed by atoms with van der Waals surface area (Å²) in [5, 5.41) is 5.93. The summed E-state index contributed by atoms with van der Waals surface area (Å²) in [5.74, 6) is 0. The van der Waals surface area contributed by atoms with Crippen LogP contribution in [0, 0.1) is 0 Å². The molecule has 2 aliphatic heterocycles. The number of para-hydroxylation sites is 3. The Balaban J connectivity index is 1.16. The standard InChI is InChI=1S/C55H35N2O3PS/c58-61(38-19-5-2-6-20-38)50-28-14-9-23-42(50)55(43-24-10-15-29-51(43)61)44-25-11-16-30-52(44)62(59,60)54-45(55)32-34-49-53(54)40-22-8-13-27-47(40)57(49)37-31-33-48-41(35-37)39-21-7-12-26-46(39)56(48)36-17-3-1-4-18-36/h1-35H. The van der Waals surface area contributed by atoms with Gasteiger partial charge in [0, 0.05) is 48.8 Å². The maximum Gasteiger partial charge on any atom is 0.207 e. The van der Waals surface area contributed by atoms with Crippen molar-refractivity contribution >= 4 is 76.5 Å². The molecule has 294 valence electrons. The molecule has 0 N–H and O–H groups in total. The molecule has 62 heavy (non-hydrogen) atoms. The average molecular weight is 835 g/mol. The van der Waals surface area contributed by atoms with Crippen LogP contribution in [-0.2, 0) is 19.8 Å². The van der Waals surface area contributed by atoms with Crippen molar-refractivity contribution in [2.75, 3.05) is 0 Å². The summed E-state index contributed by atoms with van der Waals surface area (Å²) in [7, 11) is -7.56. The summed E-state index contributed by atoms with van der Waals surface area (Å²) in [5.41, 5.74) is 7.79. The Hall–Kier alpha value is -7.24. The predicted octanol–water partition coefficient (Wildman–Crippen LogP) is 11.4. The lowest BCUT2D eigenvalue weighted by Gasteiger charge is -2.47. The molecule has 5 nitrogen and oxygen atoms in total. The van der Waals surface area contributed by atoms with Gasteiger partial charge in [-0.25, -0.2) is 8.42 Å². The highest BCUT2D eigenvalue weighted by molar-refractivity contribution is 7.92. The Morgan fingerprint density at radius 2 is 0.919 bits per heavy atom. The molecule has 0 unspecified atom stereocenters. The second-order valence-electron chi connectivity index (χ2n) is 16.3. The highest BCUT2D eigenvalue weighted by atomic mass is 32.2. The van der Waals surface area contributed by atoms with Gasteiger partial charge in [-0.15, -0.1) is 0 Å². The molecule has 0 radical (unpaired) electrons. The SMILES string of the molecule is O=P1(c2ccccc2)c2ccccc2C2(c3ccccc31)c1ccccc1S(=O)(=O)c1c2ccc2c1c1ccccc1n2-c1ccc2c(c1)c1ccccc1n2-c1ccccc1. The third-order valence-corrected chi connectivity index (χ3v) is 18.4. The third kappa shape index (κ3) is 4.37. The van der Waals surface area contributed by atoms with E-state index in [1.54, 1.807) is 6.07 Å². The molecule has 9 aromatic carbocycles. The molecular formula is C55H35N2O3PS. The minimum Gasteiger partial charge on any atom is -0.309 e. The lowest BCUT2D eigenvalue weighted by atomic mass is 9.64. The lowest BCUT2D eigenvalue weighted by molar-refractivity contribution is 0.579. The molecule has 0 saturated heterocycles. The fourth-order valence-corrected chi connectivity index (χ4v) is 16.1. The van der Waals surface area contributed by atoms with E-state index in [1.165, 1.54) is 0 Å². The van der Waals surface area contributed by atoms with Gasteiger partial charge in [0.1, 0.15) is 0 Å². The van der Waals surface area contributed by atoms with Crippen LogP contribution in [0.25, 0.3) is 55.0 Å². The van der Waals surface area contributed by atoms with E-state index in [1.807, 2.05) is 115 Å². The predicted molar refractivity (Wildman–Crippen MR) is 252 cm³/mol. The maximum absolute atomic E-state index is 16.1. The first-order chi connectivity index (χ1) is 30.4. The Kier molecular flexibility index (Phi) is 7.25. The molecule has 7 heteroatoms. The molecule has 2 aromatic heterocycles. The molecule has 0 saturated carbocycles. The minimum atomic E-state index is -4.13. The van der Waals surface area contributed by atoms with E-state index in [2.05, 4.69) is 100 Å². The highest BCUT2D eigenvalue weighted by Crippen LogP contribution is 2.61. The summed E-state index contributed by atoms with van der Waals surface area (Å²) in [6.45, 7) is 0. The summed E-state index contributed by atoms with van der Waals surface area (Å²) in [6.07, 6.45) is 0. The molecule has 0 bridgehead atoms. The number of benzene rings is 9. The fourth-order valence-electron chi connectivity index (χ4n) is 11.0. The lowest BCUT2D eigenvalue weighted by Crippen LogP contribution is -2.49. The van der Waals surface area contributed by atoms with Gasteiger partial charge in [-0.05, 0) is 76.9 Å². The van der Waals surface area contributed by atoms with Crippen LogP contribution in [0.3, 0.4) is 0 Å². The van der Waals surface area contributed by atoms with Crippen molar-refractivity contribution in [3.05, 3.63) is 235 Å². The number of hydrogen-bond acceptors (Lipinski definition) is 3. The van der Waals surface area contributed by atoms with Gasteiger partial charge in [-0.2, -0.15) is 0 Å². The molecule has 4 heterocycles. The molecule has 2 aliphatic rings. The first-order valence-electron chi connectivity index (χ1n) is 20.8. The number of rotatable bonds is 3. The monoisotopic (exact) mass is 834 g/mol. The van der Waals surface area contributed by atoms with Crippen LogP contribution in [0.2, 0.25) is 0 Å². The number of fused-ring (bicyclic) bond motifs is 15. The first kappa shape index (κ1) is 35.5. The Morgan fingerprint density at radius 1 is 0.403 bits per heavy atom. The molecule has 0 amide bonds. The quantitative estimate of drug-likeness (QED) is 0.167. The van der Waals surface area contributed by atoms with Gasteiger partial charge in [0.2, 0.25) is 9.84 Å². The van der Waals surface area contributed by atoms with Gasteiger partial charge in [0.25, 0.3) is 0 Å². The molecule has 0 atom stereocenters. The van der Waals surface area contributed by atoms with E-state index in [4.69, 9.17) is 0 Å². The van der Waals surface area contributed by atoms with Crippen LogP contribution in [-0.4, -0.2) is 17.6 Å². The maximum atomic E-state index is 16.1. The topological polar surface area (TPSA) is 61.1 Å². The van der Waals surface area contributed by atoms with Crippen molar-refractivity contribution in [3.63, 3.8) is 0 Å².